The fourth-order valence-corrected chi connectivity index (χ4v) is 2.78. The van der Waals surface area contributed by atoms with Gasteiger partial charge in [-0.15, -0.1) is 0 Å². The number of rotatable bonds is 5. The van der Waals surface area contributed by atoms with Crippen molar-refractivity contribution in [1.29, 1.82) is 0 Å². The predicted molar refractivity (Wildman–Crippen MR) is 104 cm³/mol. The standard InChI is InChI=1S/C20H18ClN3O3/c1-3-16-18(12(2)27-24-16)20(26)23-17-7-5-4-6-15(17)19(25)22-14-10-8-13(21)9-11-14/h4-11H,3H2,1-2H3,(H,22,25)(H,23,26). The minimum Gasteiger partial charge on any atom is -0.361 e. The first-order valence-corrected chi connectivity index (χ1v) is 8.79. The molecular formula is C20H18ClN3O3. The van der Waals surface area contributed by atoms with Gasteiger partial charge >= 0.3 is 0 Å². The van der Waals surface area contributed by atoms with Gasteiger partial charge in [-0.2, -0.15) is 0 Å². The minimum absolute atomic E-state index is 0.341. The van der Waals surface area contributed by atoms with Crippen molar-refractivity contribution in [2.75, 3.05) is 10.6 Å². The lowest BCUT2D eigenvalue weighted by Crippen LogP contribution is -2.19. The predicted octanol–water partition coefficient (Wildman–Crippen LogP) is 4.70. The smallest absolute Gasteiger partial charge is 0.261 e. The molecule has 1 heterocycles. The topological polar surface area (TPSA) is 84.2 Å². The van der Waals surface area contributed by atoms with E-state index in [9.17, 15) is 9.59 Å². The Balaban J connectivity index is 1.83. The van der Waals surface area contributed by atoms with Gasteiger partial charge in [0.2, 0.25) is 0 Å². The number of aromatic nitrogens is 1. The van der Waals surface area contributed by atoms with Crippen LogP contribution in [0.3, 0.4) is 0 Å². The number of halogens is 1. The first-order chi connectivity index (χ1) is 13.0. The first kappa shape index (κ1) is 18.7. The van der Waals surface area contributed by atoms with Crippen LogP contribution in [0.5, 0.6) is 0 Å². The van der Waals surface area contributed by atoms with E-state index in [-0.39, 0.29) is 11.8 Å². The van der Waals surface area contributed by atoms with Crippen molar-refractivity contribution >= 4 is 34.8 Å². The van der Waals surface area contributed by atoms with Crippen LogP contribution in [0.25, 0.3) is 0 Å². The molecule has 0 atom stereocenters. The molecule has 6 nitrogen and oxygen atoms in total. The van der Waals surface area contributed by atoms with Crippen molar-refractivity contribution in [2.45, 2.75) is 20.3 Å². The second-order valence-corrected chi connectivity index (χ2v) is 6.31. The number of hydrogen-bond donors (Lipinski definition) is 2. The molecule has 0 saturated heterocycles. The van der Waals surface area contributed by atoms with E-state index in [0.717, 1.165) is 0 Å². The summed E-state index contributed by atoms with van der Waals surface area (Å²) < 4.78 is 5.11. The lowest BCUT2D eigenvalue weighted by Gasteiger charge is -2.11. The molecule has 2 amide bonds. The number of nitrogens with zero attached hydrogens (tertiary/aromatic N) is 1. The van der Waals surface area contributed by atoms with Crippen LogP contribution < -0.4 is 10.6 Å². The zero-order valence-corrected chi connectivity index (χ0v) is 15.6. The molecule has 2 N–H and O–H groups in total. The monoisotopic (exact) mass is 383 g/mol. The van der Waals surface area contributed by atoms with Crippen LogP contribution in [-0.2, 0) is 6.42 Å². The third-order valence-electron chi connectivity index (χ3n) is 4.02. The maximum absolute atomic E-state index is 12.7. The highest BCUT2D eigenvalue weighted by molar-refractivity contribution is 6.30. The fourth-order valence-electron chi connectivity index (χ4n) is 2.66. The van der Waals surface area contributed by atoms with Crippen molar-refractivity contribution in [3.63, 3.8) is 0 Å². The molecule has 0 unspecified atom stereocenters. The Morgan fingerprint density at radius 1 is 1.04 bits per heavy atom. The number of nitrogens with one attached hydrogen (secondary N) is 2. The van der Waals surface area contributed by atoms with Crippen molar-refractivity contribution < 1.29 is 14.1 Å². The zero-order chi connectivity index (χ0) is 19.4. The van der Waals surface area contributed by atoms with Gasteiger partial charge in [-0.1, -0.05) is 35.8 Å². The van der Waals surface area contributed by atoms with Crippen molar-refractivity contribution in [2.24, 2.45) is 0 Å². The molecule has 0 bridgehead atoms. The van der Waals surface area contributed by atoms with E-state index in [0.29, 0.717) is 45.4 Å². The lowest BCUT2D eigenvalue weighted by atomic mass is 10.1. The van der Waals surface area contributed by atoms with Crippen LogP contribution in [0, 0.1) is 6.92 Å². The number of anilines is 2. The van der Waals surface area contributed by atoms with E-state index in [1.165, 1.54) is 0 Å². The van der Waals surface area contributed by atoms with E-state index in [1.54, 1.807) is 55.5 Å². The molecule has 0 saturated carbocycles. The molecule has 1 aromatic heterocycles. The summed E-state index contributed by atoms with van der Waals surface area (Å²) in [5, 5.41) is 10.0. The number of benzene rings is 2. The van der Waals surface area contributed by atoms with Crippen molar-refractivity contribution in [3.05, 3.63) is 76.1 Å². The average Bonchev–Trinajstić information content (AvgIpc) is 3.04. The zero-order valence-electron chi connectivity index (χ0n) is 14.9. The van der Waals surface area contributed by atoms with Crippen molar-refractivity contribution in [1.82, 2.24) is 5.16 Å². The summed E-state index contributed by atoms with van der Waals surface area (Å²) in [4.78, 5) is 25.3. The summed E-state index contributed by atoms with van der Waals surface area (Å²) in [7, 11) is 0. The lowest BCUT2D eigenvalue weighted by molar-refractivity contribution is 0.102. The van der Waals surface area contributed by atoms with Gasteiger partial charge in [0.1, 0.15) is 11.3 Å². The molecule has 0 aliphatic heterocycles. The molecule has 27 heavy (non-hydrogen) atoms. The molecule has 7 heteroatoms. The highest BCUT2D eigenvalue weighted by Gasteiger charge is 2.21. The van der Waals surface area contributed by atoms with Gasteiger partial charge in [0.25, 0.3) is 11.8 Å². The van der Waals surface area contributed by atoms with Crippen LogP contribution in [0.1, 0.15) is 39.1 Å². The highest BCUT2D eigenvalue weighted by atomic mass is 35.5. The molecular weight excluding hydrogens is 366 g/mol. The highest BCUT2D eigenvalue weighted by Crippen LogP contribution is 2.21. The van der Waals surface area contributed by atoms with Gasteiger partial charge in [-0.25, -0.2) is 0 Å². The molecule has 2 aromatic carbocycles. The summed E-state index contributed by atoms with van der Waals surface area (Å²) in [6.07, 6.45) is 0.568. The number of carbonyl (C=O) groups excluding carboxylic acids is 2. The molecule has 0 fully saturated rings. The molecule has 0 radical (unpaired) electrons. The molecule has 0 spiro atoms. The Hall–Kier alpha value is -3.12. The molecule has 138 valence electrons. The third kappa shape index (κ3) is 4.17. The SMILES string of the molecule is CCc1noc(C)c1C(=O)Nc1ccccc1C(=O)Nc1ccc(Cl)cc1. The number of para-hydroxylation sites is 1. The van der Waals surface area contributed by atoms with Gasteiger partial charge in [0, 0.05) is 10.7 Å². The summed E-state index contributed by atoms with van der Waals surface area (Å²) in [6, 6.07) is 13.6. The second-order valence-electron chi connectivity index (χ2n) is 5.87. The average molecular weight is 384 g/mol. The first-order valence-electron chi connectivity index (χ1n) is 8.42. The summed E-state index contributed by atoms with van der Waals surface area (Å²) >= 11 is 5.86. The number of hydrogen-bond acceptors (Lipinski definition) is 4. The van der Waals surface area contributed by atoms with Crippen LogP contribution in [0.2, 0.25) is 5.02 Å². The molecule has 3 aromatic rings. The maximum atomic E-state index is 12.7. The maximum Gasteiger partial charge on any atom is 0.261 e. The van der Waals surface area contributed by atoms with E-state index >= 15 is 0 Å². The van der Waals surface area contributed by atoms with E-state index < -0.39 is 0 Å². The van der Waals surface area contributed by atoms with Gasteiger partial charge in [0.05, 0.1) is 16.9 Å². The van der Waals surface area contributed by atoms with Gasteiger partial charge in [-0.3, -0.25) is 9.59 Å². The Bertz CT molecular complexity index is 980. The number of aryl methyl sites for hydroxylation is 2. The second kappa shape index (κ2) is 8.05. The molecule has 0 aliphatic carbocycles. The Labute approximate surface area is 161 Å². The normalized spacial score (nSPS) is 10.5. The van der Waals surface area contributed by atoms with Crippen LogP contribution in [0.4, 0.5) is 11.4 Å². The summed E-state index contributed by atoms with van der Waals surface area (Å²) in [5.74, 6) is -0.268. The minimum atomic E-state index is -0.364. The molecule has 0 aliphatic rings. The fraction of sp³-hybridized carbons (Fsp3) is 0.150. The van der Waals surface area contributed by atoms with Crippen LogP contribution >= 0.6 is 11.6 Å². The Kier molecular flexibility index (Phi) is 5.57. The van der Waals surface area contributed by atoms with E-state index in [2.05, 4.69) is 15.8 Å². The number of amides is 2. The quantitative estimate of drug-likeness (QED) is 0.668. The summed E-state index contributed by atoms with van der Waals surface area (Å²) in [6.45, 7) is 3.57. The summed E-state index contributed by atoms with van der Waals surface area (Å²) in [5.41, 5.74) is 2.32. The van der Waals surface area contributed by atoms with E-state index in [4.69, 9.17) is 16.1 Å². The molecule has 3 rings (SSSR count). The Morgan fingerprint density at radius 2 is 1.74 bits per heavy atom. The van der Waals surface area contributed by atoms with Gasteiger partial charge in [0.15, 0.2) is 0 Å². The van der Waals surface area contributed by atoms with E-state index in [1.807, 2.05) is 6.92 Å². The van der Waals surface area contributed by atoms with Crippen LogP contribution in [-0.4, -0.2) is 17.0 Å². The van der Waals surface area contributed by atoms with Crippen LogP contribution in [0.15, 0.2) is 53.1 Å². The van der Waals surface area contributed by atoms with Gasteiger partial charge < -0.3 is 15.2 Å². The largest absolute Gasteiger partial charge is 0.361 e. The third-order valence-corrected chi connectivity index (χ3v) is 4.27. The Morgan fingerprint density at radius 3 is 2.44 bits per heavy atom. The van der Waals surface area contributed by atoms with Gasteiger partial charge in [-0.05, 0) is 49.7 Å². The number of carbonyl (C=O) groups is 2. The van der Waals surface area contributed by atoms with Crippen molar-refractivity contribution in [3.8, 4) is 0 Å².